The second kappa shape index (κ2) is 8.56. The predicted molar refractivity (Wildman–Crippen MR) is 89.0 cm³/mol. The molecule has 0 aromatic heterocycles. The number of unbranched alkanes of at least 4 members (excludes halogenated alkanes) is 1. The molecule has 1 saturated heterocycles. The lowest BCUT2D eigenvalue weighted by Gasteiger charge is -2.30. The lowest BCUT2D eigenvalue weighted by atomic mass is 9.96. The van der Waals surface area contributed by atoms with Crippen molar-refractivity contribution in [2.75, 3.05) is 19.7 Å². The molecule has 2 rings (SSSR count). The Morgan fingerprint density at radius 3 is 2.65 bits per heavy atom. The number of rotatable bonds is 7. The zero-order valence-corrected chi connectivity index (χ0v) is 13.8. The Labute approximate surface area is 137 Å². The van der Waals surface area contributed by atoms with Crippen LogP contribution in [0.1, 0.15) is 37.7 Å². The first-order valence-corrected chi connectivity index (χ1v) is 8.33. The van der Waals surface area contributed by atoms with Crippen LogP contribution in [0, 0.1) is 12.8 Å². The summed E-state index contributed by atoms with van der Waals surface area (Å²) in [4.78, 5) is 25.1. The lowest BCUT2D eigenvalue weighted by Crippen LogP contribution is -2.41. The van der Waals surface area contributed by atoms with E-state index in [0.29, 0.717) is 39.0 Å². The van der Waals surface area contributed by atoms with E-state index in [-0.39, 0.29) is 17.7 Å². The molecular weight excluding hydrogens is 292 g/mol. The van der Waals surface area contributed by atoms with Crippen LogP contribution in [-0.4, -0.2) is 36.4 Å². The van der Waals surface area contributed by atoms with Crippen molar-refractivity contribution >= 4 is 11.8 Å². The van der Waals surface area contributed by atoms with Gasteiger partial charge in [0.15, 0.2) is 0 Å². The molecule has 1 aliphatic heterocycles. The van der Waals surface area contributed by atoms with Crippen LogP contribution in [0.25, 0.3) is 0 Å². The number of ether oxygens (including phenoxy) is 1. The summed E-state index contributed by atoms with van der Waals surface area (Å²) < 4.78 is 5.68. The van der Waals surface area contributed by atoms with Crippen LogP contribution in [0.15, 0.2) is 24.3 Å². The number of likely N-dealkylation sites (tertiary alicyclic amines) is 1. The molecule has 2 N–H and O–H groups in total. The standard InChI is InChI=1S/C18H26N2O3/c1-14-5-4-6-16(13-14)23-12-3-2-7-17(21)20-10-8-15(9-11-20)18(19)22/h4-6,13,15H,2-3,7-12H2,1H3,(H2,19,22). The minimum atomic E-state index is -0.245. The number of carbonyl (C=O) groups excluding carboxylic acids is 2. The van der Waals surface area contributed by atoms with E-state index in [1.807, 2.05) is 36.1 Å². The van der Waals surface area contributed by atoms with Crippen LogP contribution < -0.4 is 10.5 Å². The summed E-state index contributed by atoms with van der Waals surface area (Å²) in [6, 6.07) is 7.96. The highest BCUT2D eigenvalue weighted by Gasteiger charge is 2.25. The van der Waals surface area contributed by atoms with Gasteiger partial charge in [-0.1, -0.05) is 12.1 Å². The SMILES string of the molecule is Cc1cccc(OCCCCC(=O)N2CCC(C(N)=O)CC2)c1. The number of primary amides is 1. The third kappa shape index (κ3) is 5.58. The lowest BCUT2D eigenvalue weighted by molar-refractivity contribution is -0.135. The molecule has 23 heavy (non-hydrogen) atoms. The highest BCUT2D eigenvalue weighted by atomic mass is 16.5. The molecule has 0 atom stereocenters. The van der Waals surface area contributed by atoms with Gasteiger partial charge in [0, 0.05) is 25.4 Å². The Morgan fingerprint density at radius 2 is 2.00 bits per heavy atom. The fourth-order valence-corrected chi connectivity index (χ4v) is 2.84. The third-order valence-electron chi connectivity index (χ3n) is 4.29. The van der Waals surface area contributed by atoms with Crippen LogP contribution in [0.2, 0.25) is 0 Å². The van der Waals surface area contributed by atoms with Gasteiger partial charge in [-0.25, -0.2) is 0 Å². The van der Waals surface area contributed by atoms with E-state index in [1.165, 1.54) is 5.56 Å². The first kappa shape index (κ1) is 17.3. The number of carbonyl (C=O) groups is 2. The summed E-state index contributed by atoms with van der Waals surface area (Å²) in [7, 11) is 0. The van der Waals surface area contributed by atoms with Crippen molar-refractivity contribution in [3.8, 4) is 5.75 Å². The minimum Gasteiger partial charge on any atom is -0.494 e. The zero-order chi connectivity index (χ0) is 16.7. The molecule has 1 fully saturated rings. The van der Waals surface area contributed by atoms with Gasteiger partial charge in [0.2, 0.25) is 11.8 Å². The fourth-order valence-electron chi connectivity index (χ4n) is 2.84. The molecule has 0 aliphatic carbocycles. The highest BCUT2D eigenvalue weighted by molar-refractivity contribution is 5.78. The van der Waals surface area contributed by atoms with Gasteiger partial charge in [-0.2, -0.15) is 0 Å². The first-order valence-electron chi connectivity index (χ1n) is 8.33. The van der Waals surface area contributed by atoms with E-state index in [0.717, 1.165) is 18.6 Å². The van der Waals surface area contributed by atoms with Gasteiger partial charge in [-0.05, 0) is 50.3 Å². The maximum absolute atomic E-state index is 12.1. The fraction of sp³-hybridized carbons (Fsp3) is 0.556. The Kier molecular flexibility index (Phi) is 6.44. The Balaban J connectivity index is 1.59. The normalized spacial score (nSPS) is 15.4. The Bertz CT molecular complexity index is 537. The zero-order valence-electron chi connectivity index (χ0n) is 13.8. The van der Waals surface area contributed by atoms with Gasteiger partial charge in [0.25, 0.3) is 0 Å². The molecular formula is C18H26N2O3. The summed E-state index contributed by atoms with van der Waals surface area (Å²) in [6.07, 6.45) is 3.60. The molecule has 1 heterocycles. The van der Waals surface area contributed by atoms with E-state index in [1.54, 1.807) is 0 Å². The molecule has 0 radical (unpaired) electrons. The molecule has 0 spiro atoms. The number of amides is 2. The van der Waals surface area contributed by atoms with Crippen LogP contribution >= 0.6 is 0 Å². The topological polar surface area (TPSA) is 72.6 Å². The number of hydrogen-bond acceptors (Lipinski definition) is 3. The van der Waals surface area contributed by atoms with Gasteiger partial charge in [0.1, 0.15) is 5.75 Å². The summed E-state index contributed by atoms with van der Waals surface area (Å²) in [5.74, 6) is 0.737. The maximum Gasteiger partial charge on any atom is 0.222 e. The smallest absolute Gasteiger partial charge is 0.222 e. The van der Waals surface area contributed by atoms with Crippen LogP contribution in [-0.2, 0) is 9.59 Å². The minimum absolute atomic E-state index is 0.0678. The van der Waals surface area contributed by atoms with Gasteiger partial charge in [-0.15, -0.1) is 0 Å². The molecule has 0 bridgehead atoms. The van der Waals surface area contributed by atoms with Crippen molar-refractivity contribution in [2.45, 2.75) is 39.0 Å². The van der Waals surface area contributed by atoms with E-state index < -0.39 is 0 Å². The quantitative estimate of drug-likeness (QED) is 0.784. The molecule has 1 aromatic carbocycles. The maximum atomic E-state index is 12.1. The largest absolute Gasteiger partial charge is 0.494 e. The van der Waals surface area contributed by atoms with Gasteiger partial charge >= 0.3 is 0 Å². The van der Waals surface area contributed by atoms with E-state index in [9.17, 15) is 9.59 Å². The molecule has 2 amide bonds. The summed E-state index contributed by atoms with van der Waals surface area (Å²) in [5.41, 5.74) is 6.48. The summed E-state index contributed by atoms with van der Waals surface area (Å²) in [6.45, 7) is 3.95. The molecule has 126 valence electrons. The van der Waals surface area contributed by atoms with Crippen molar-refractivity contribution in [1.29, 1.82) is 0 Å². The van der Waals surface area contributed by atoms with E-state index in [2.05, 4.69) is 0 Å². The second-order valence-electron chi connectivity index (χ2n) is 6.18. The predicted octanol–water partition coefficient (Wildman–Crippen LogP) is 2.27. The third-order valence-corrected chi connectivity index (χ3v) is 4.29. The number of piperidine rings is 1. The molecule has 5 nitrogen and oxygen atoms in total. The van der Waals surface area contributed by atoms with E-state index in [4.69, 9.17) is 10.5 Å². The summed E-state index contributed by atoms with van der Waals surface area (Å²) in [5, 5.41) is 0. The van der Waals surface area contributed by atoms with Crippen LogP contribution in [0.3, 0.4) is 0 Å². The highest BCUT2D eigenvalue weighted by Crippen LogP contribution is 2.18. The van der Waals surface area contributed by atoms with E-state index >= 15 is 0 Å². The summed E-state index contributed by atoms with van der Waals surface area (Å²) >= 11 is 0. The number of hydrogen-bond donors (Lipinski definition) is 1. The van der Waals surface area contributed by atoms with Gasteiger partial charge < -0.3 is 15.4 Å². The van der Waals surface area contributed by atoms with Crippen molar-refractivity contribution in [3.05, 3.63) is 29.8 Å². The molecule has 0 unspecified atom stereocenters. The number of nitrogens with zero attached hydrogens (tertiary/aromatic N) is 1. The first-order chi connectivity index (χ1) is 11.1. The average molecular weight is 318 g/mol. The number of nitrogens with two attached hydrogens (primary N) is 1. The number of benzene rings is 1. The Morgan fingerprint density at radius 1 is 1.26 bits per heavy atom. The van der Waals surface area contributed by atoms with Crippen LogP contribution in [0.5, 0.6) is 5.75 Å². The van der Waals surface area contributed by atoms with Crippen LogP contribution in [0.4, 0.5) is 0 Å². The van der Waals surface area contributed by atoms with Gasteiger partial charge in [0.05, 0.1) is 6.61 Å². The molecule has 1 aromatic rings. The monoisotopic (exact) mass is 318 g/mol. The average Bonchev–Trinajstić information content (AvgIpc) is 2.54. The van der Waals surface area contributed by atoms with Crippen molar-refractivity contribution in [1.82, 2.24) is 4.90 Å². The molecule has 1 aliphatic rings. The molecule has 0 saturated carbocycles. The van der Waals surface area contributed by atoms with Gasteiger partial charge in [-0.3, -0.25) is 9.59 Å². The van der Waals surface area contributed by atoms with Crippen molar-refractivity contribution in [3.63, 3.8) is 0 Å². The van der Waals surface area contributed by atoms with Crippen molar-refractivity contribution in [2.24, 2.45) is 11.7 Å². The number of aryl methyl sites for hydroxylation is 1. The second-order valence-corrected chi connectivity index (χ2v) is 6.18. The molecule has 5 heteroatoms. The Hall–Kier alpha value is -2.04. The van der Waals surface area contributed by atoms with Crippen molar-refractivity contribution < 1.29 is 14.3 Å².